The molecule has 6 nitrogen and oxygen atoms in total. The molecule has 2 heterocycles. The molecule has 0 spiro atoms. The largest absolute Gasteiger partial charge is 0.462 e. The first-order valence-electron chi connectivity index (χ1n) is 10.4. The van der Waals surface area contributed by atoms with E-state index in [4.69, 9.17) is 15.2 Å². The van der Waals surface area contributed by atoms with Crippen molar-refractivity contribution in [2.75, 3.05) is 19.7 Å². The standard InChI is InChI=1S/C24H26N2O4/c1-2-29-24(28)21-20(23(27)26-13-7-4-8-14-26)18-15-17(16-9-5-3-6-10-16)11-12-19(18)30-22(21)25/h3,5-6,9-12,15,20H,2,4,7-8,13-14,25H2,1H3. The van der Waals surface area contributed by atoms with Crippen LogP contribution in [0, 0.1) is 0 Å². The molecule has 2 aliphatic rings. The summed E-state index contributed by atoms with van der Waals surface area (Å²) in [5, 5.41) is 0. The van der Waals surface area contributed by atoms with Crippen molar-refractivity contribution in [3.05, 3.63) is 65.6 Å². The summed E-state index contributed by atoms with van der Waals surface area (Å²) in [5.74, 6) is -1.15. The number of amides is 1. The fraction of sp³-hybridized carbons (Fsp3) is 0.333. The highest BCUT2D eigenvalue weighted by molar-refractivity contribution is 6.02. The van der Waals surface area contributed by atoms with Crippen LogP contribution in [0.2, 0.25) is 0 Å². The lowest BCUT2D eigenvalue weighted by atomic mass is 9.85. The van der Waals surface area contributed by atoms with E-state index in [2.05, 4.69) is 0 Å². The van der Waals surface area contributed by atoms with Gasteiger partial charge >= 0.3 is 5.97 Å². The second kappa shape index (κ2) is 8.61. The lowest BCUT2D eigenvalue weighted by molar-refractivity contribution is -0.142. The molecule has 1 unspecified atom stereocenters. The van der Waals surface area contributed by atoms with Crippen molar-refractivity contribution in [2.24, 2.45) is 5.73 Å². The van der Waals surface area contributed by atoms with Gasteiger partial charge in [-0.15, -0.1) is 0 Å². The molecule has 6 heteroatoms. The predicted octanol–water partition coefficient (Wildman–Crippen LogP) is 3.58. The number of benzene rings is 2. The van der Waals surface area contributed by atoms with Crippen molar-refractivity contribution >= 4 is 11.9 Å². The van der Waals surface area contributed by atoms with E-state index in [1.165, 1.54) is 0 Å². The van der Waals surface area contributed by atoms with E-state index in [1.54, 1.807) is 6.92 Å². The molecule has 1 atom stereocenters. The van der Waals surface area contributed by atoms with Crippen LogP contribution in [0.4, 0.5) is 0 Å². The van der Waals surface area contributed by atoms with Gasteiger partial charge in [-0.3, -0.25) is 4.79 Å². The number of fused-ring (bicyclic) bond motifs is 1. The van der Waals surface area contributed by atoms with Gasteiger partial charge in [0.1, 0.15) is 17.2 Å². The number of carbonyl (C=O) groups excluding carboxylic acids is 2. The van der Waals surface area contributed by atoms with Crippen LogP contribution in [0.3, 0.4) is 0 Å². The molecule has 2 aliphatic heterocycles. The van der Waals surface area contributed by atoms with Crippen LogP contribution in [0.15, 0.2) is 60.0 Å². The van der Waals surface area contributed by atoms with Gasteiger partial charge in [-0.05, 0) is 49.4 Å². The Balaban J connectivity index is 1.81. The van der Waals surface area contributed by atoms with E-state index in [0.29, 0.717) is 24.4 Å². The highest BCUT2D eigenvalue weighted by Crippen LogP contribution is 2.42. The molecule has 0 aromatic heterocycles. The molecule has 1 fully saturated rings. The molecular weight excluding hydrogens is 380 g/mol. The lowest BCUT2D eigenvalue weighted by Gasteiger charge is -2.34. The first-order valence-corrected chi connectivity index (χ1v) is 10.4. The Kier molecular flexibility index (Phi) is 5.74. The number of nitrogens with two attached hydrogens (primary N) is 1. The third-order valence-electron chi connectivity index (χ3n) is 5.61. The highest BCUT2D eigenvalue weighted by Gasteiger charge is 2.41. The molecule has 0 aliphatic carbocycles. The summed E-state index contributed by atoms with van der Waals surface area (Å²) in [7, 11) is 0. The molecule has 156 valence electrons. The Morgan fingerprint density at radius 2 is 1.80 bits per heavy atom. The third-order valence-corrected chi connectivity index (χ3v) is 5.61. The fourth-order valence-corrected chi connectivity index (χ4v) is 4.13. The van der Waals surface area contributed by atoms with Gasteiger partial charge in [0.25, 0.3) is 0 Å². The van der Waals surface area contributed by atoms with Crippen LogP contribution in [0.5, 0.6) is 5.75 Å². The molecule has 1 amide bonds. The summed E-state index contributed by atoms with van der Waals surface area (Å²) in [5.41, 5.74) is 8.81. The maximum atomic E-state index is 13.6. The van der Waals surface area contributed by atoms with Crippen molar-refractivity contribution in [1.29, 1.82) is 0 Å². The highest BCUT2D eigenvalue weighted by atomic mass is 16.5. The number of rotatable bonds is 4. The van der Waals surface area contributed by atoms with Gasteiger partial charge in [-0.25, -0.2) is 4.79 Å². The average molecular weight is 406 g/mol. The average Bonchev–Trinajstić information content (AvgIpc) is 2.78. The molecule has 4 rings (SSSR count). The zero-order chi connectivity index (χ0) is 21.1. The van der Waals surface area contributed by atoms with Gasteiger partial charge in [-0.2, -0.15) is 0 Å². The number of likely N-dealkylation sites (tertiary alicyclic amines) is 1. The molecule has 0 bridgehead atoms. The molecule has 0 radical (unpaired) electrons. The first kappa shape index (κ1) is 20.0. The van der Waals surface area contributed by atoms with Crippen molar-refractivity contribution in [3.8, 4) is 16.9 Å². The summed E-state index contributed by atoms with van der Waals surface area (Å²) in [6, 6.07) is 15.5. The number of hydrogen-bond donors (Lipinski definition) is 1. The summed E-state index contributed by atoms with van der Waals surface area (Å²) in [6.45, 7) is 3.28. The Morgan fingerprint density at radius 1 is 1.07 bits per heavy atom. The molecule has 0 saturated carbocycles. The first-order chi connectivity index (χ1) is 14.6. The number of nitrogens with zero attached hydrogens (tertiary/aromatic N) is 1. The summed E-state index contributed by atoms with van der Waals surface area (Å²) >= 11 is 0. The Labute approximate surface area is 176 Å². The quantitative estimate of drug-likeness (QED) is 0.785. The van der Waals surface area contributed by atoms with Crippen molar-refractivity contribution in [2.45, 2.75) is 32.1 Å². The maximum Gasteiger partial charge on any atom is 0.340 e. The van der Waals surface area contributed by atoms with Crippen LogP contribution >= 0.6 is 0 Å². The molecule has 2 aromatic carbocycles. The van der Waals surface area contributed by atoms with E-state index in [1.807, 2.05) is 53.4 Å². The predicted molar refractivity (Wildman–Crippen MR) is 114 cm³/mol. The van der Waals surface area contributed by atoms with Crippen LogP contribution in [0.25, 0.3) is 11.1 Å². The minimum Gasteiger partial charge on any atom is -0.462 e. The van der Waals surface area contributed by atoms with Crippen molar-refractivity contribution < 1.29 is 19.1 Å². The van der Waals surface area contributed by atoms with Gasteiger partial charge in [-0.1, -0.05) is 36.4 Å². The monoisotopic (exact) mass is 406 g/mol. The van der Waals surface area contributed by atoms with Crippen molar-refractivity contribution in [1.82, 2.24) is 4.90 Å². The second-order valence-electron chi connectivity index (χ2n) is 7.54. The smallest absolute Gasteiger partial charge is 0.340 e. The zero-order valence-electron chi connectivity index (χ0n) is 17.1. The number of carbonyl (C=O) groups is 2. The van der Waals surface area contributed by atoms with Crippen LogP contribution in [-0.2, 0) is 14.3 Å². The number of ether oxygens (including phenoxy) is 2. The summed E-state index contributed by atoms with van der Waals surface area (Å²) in [6.07, 6.45) is 3.02. The van der Waals surface area contributed by atoms with Gasteiger partial charge < -0.3 is 20.1 Å². The van der Waals surface area contributed by atoms with Gasteiger partial charge in [0, 0.05) is 18.7 Å². The minimum absolute atomic E-state index is 0.0660. The van der Waals surface area contributed by atoms with Gasteiger partial charge in [0.2, 0.25) is 11.8 Å². The molecule has 30 heavy (non-hydrogen) atoms. The fourth-order valence-electron chi connectivity index (χ4n) is 4.13. The Hall–Kier alpha value is -3.28. The van der Waals surface area contributed by atoms with Crippen molar-refractivity contribution in [3.63, 3.8) is 0 Å². The van der Waals surface area contributed by atoms with E-state index >= 15 is 0 Å². The molecular formula is C24H26N2O4. The second-order valence-corrected chi connectivity index (χ2v) is 7.54. The topological polar surface area (TPSA) is 81.9 Å². The van der Waals surface area contributed by atoms with Crippen LogP contribution in [0.1, 0.15) is 37.7 Å². The van der Waals surface area contributed by atoms with E-state index in [9.17, 15) is 9.59 Å². The number of esters is 1. The van der Waals surface area contributed by atoms with E-state index < -0.39 is 11.9 Å². The van der Waals surface area contributed by atoms with Crippen LogP contribution in [-0.4, -0.2) is 36.5 Å². The summed E-state index contributed by atoms with van der Waals surface area (Å²) in [4.78, 5) is 28.2. The van der Waals surface area contributed by atoms with Gasteiger partial charge in [0.15, 0.2) is 0 Å². The number of piperidine rings is 1. The Morgan fingerprint density at radius 3 is 2.50 bits per heavy atom. The minimum atomic E-state index is -0.838. The van der Waals surface area contributed by atoms with Gasteiger partial charge in [0.05, 0.1) is 6.61 Å². The number of hydrogen-bond acceptors (Lipinski definition) is 5. The molecule has 2 aromatic rings. The van der Waals surface area contributed by atoms with Crippen LogP contribution < -0.4 is 10.5 Å². The van der Waals surface area contributed by atoms with E-state index in [0.717, 1.165) is 30.4 Å². The van der Waals surface area contributed by atoms with E-state index in [-0.39, 0.29) is 24.0 Å². The normalized spacial score (nSPS) is 18.4. The molecule has 1 saturated heterocycles. The lowest BCUT2D eigenvalue weighted by Crippen LogP contribution is -2.42. The SMILES string of the molecule is CCOC(=O)C1=C(N)Oc2ccc(-c3ccccc3)cc2C1C(=O)N1CCCCC1. The zero-order valence-corrected chi connectivity index (χ0v) is 17.1. The summed E-state index contributed by atoms with van der Waals surface area (Å²) < 4.78 is 11.0. The third kappa shape index (κ3) is 3.77. The molecule has 2 N–H and O–H groups in total. The maximum absolute atomic E-state index is 13.6. The Bertz CT molecular complexity index is 978.